The molecule has 1 aromatic carbocycles. The Morgan fingerprint density at radius 3 is 2.78 bits per heavy atom. The zero-order valence-electron chi connectivity index (χ0n) is 10.7. The smallest absolute Gasteiger partial charge is 0.227 e. The number of aromatic hydroxyl groups is 1. The summed E-state index contributed by atoms with van der Waals surface area (Å²) in [7, 11) is 1.84. The predicted octanol–water partition coefficient (Wildman–Crippen LogP) is 1.35. The molecule has 0 radical (unpaired) electrons. The van der Waals surface area contributed by atoms with E-state index >= 15 is 0 Å². The second-order valence-electron chi connectivity index (χ2n) is 4.90. The van der Waals surface area contributed by atoms with E-state index < -0.39 is 0 Å². The molecule has 0 aromatic heterocycles. The molecule has 98 valence electrons. The Hall–Kier alpha value is -1.55. The summed E-state index contributed by atoms with van der Waals surface area (Å²) in [4.78, 5) is 14.0. The van der Waals surface area contributed by atoms with Gasteiger partial charge in [-0.05, 0) is 37.1 Å². The first-order valence-corrected chi connectivity index (χ1v) is 6.40. The molecule has 1 fully saturated rings. The number of phenols is 1. The number of carbonyl (C=O) groups excluding carboxylic acids is 1. The first-order chi connectivity index (χ1) is 8.66. The highest BCUT2D eigenvalue weighted by molar-refractivity contribution is 5.78. The van der Waals surface area contributed by atoms with E-state index in [9.17, 15) is 9.90 Å². The van der Waals surface area contributed by atoms with Crippen molar-refractivity contribution in [1.82, 2.24) is 10.2 Å². The number of piperidine rings is 1. The minimum absolute atomic E-state index is 0.112. The van der Waals surface area contributed by atoms with Crippen molar-refractivity contribution in [1.29, 1.82) is 0 Å². The molecule has 1 saturated heterocycles. The van der Waals surface area contributed by atoms with Gasteiger partial charge in [-0.2, -0.15) is 0 Å². The Morgan fingerprint density at radius 1 is 1.44 bits per heavy atom. The molecule has 1 aliphatic rings. The Kier molecular flexibility index (Phi) is 4.20. The monoisotopic (exact) mass is 248 g/mol. The Balaban J connectivity index is 1.92. The largest absolute Gasteiger partial charge is 0.508 e. The molecule has 1 aromatic rings. The van der Waals surface area contributed by atoms with Crippen molar-refractivity contribution in [2.45, 2.75) is 19.4 Å². The number of amides is 1. The number of carbonyl (C=O) groups is 1. The molecule has 1 amide bonds. The number of benzene rings is 1. The second kappa shape index (κ2) is 5.87. The van der Waals surface area contributed by atoms with Crippen molar-refractivity contribution in [3.63, 3.8) is 0 Å². The van der Waals surface area contributed by atoms with E-state index in [1.807, 2.05) is 19.2 Å². The lowest BCUT2D eigenvalue weighted by Gasteiger charge is -2.27. The summed E-state index contributed by atoms with van der Waals surface area (Å²) < 4.78 is 0. The van der Waals surface area contributed by atoms with Crippen LogP contribution in [0.2, 0.25) is 0 Å². The van der Waals surface area contributed by atoms with Crippen molar-refractivity contribution in [3.8, 4) is 5.75 Å². The maximum Gasteiger partial charge on any atom is 0.227 e. The third-order valence-corrected chi connectivity index (χ3v) is 3.38. The van der Waals surface area contributed by atoms with Crippen LogP contribution in [-0.4, -0.2) is 36.1 Å². The Bertz CT molecular complexity index is 397. The molecule has 0 bridgehead atoms. The van der Waals surface area contributed by atoms with Crippen LogP contribution in [0.4, 0.5) is 0 Å². The van der Waals surface area contributed by atoms with E-state index in [0.717, 1.165) is 31.5 Å². The summed E-state index contributed by atoms with van der Waals surface area (Å²) in [5, 5.41) is 12.5. The fourth-order valence-electron chi connectivity index (χ4n) is 2.33. The molecule has 18 heavy (non-hydrogen) atoms. The first-order valence-electron chi connectivity index (χ1n) is 6.40. The molecule has 0 spiro atoms. The minimum Gasteiger partial charge on any atom is -0.508 e. The fourth-order valence-corrected chi connectivity index (χ4v) is 2.33. The summed E-state index contributed by atoms with van der Waals surface area (Å²) in [6, 6.07) is 6.99. The number of nitrogens with zero attached hydrogens (tertiary/aromatic N) is 1. The number of hydrogen-bond donors (Lipinski definition) is 2. The third-order valence-electron chi connectivity index (χ3n) is 3.38. The van der Waals surface area contributed by atoms with E-state index in [1.54, 1.807) is 17.0 Å². The SMILES string of the molecule is CN(Cc1ccc(O)cc1)C(=O)[C@H]1CCCNC1. The highest BCUT2D eigenvalue weighted by Crippen LogP contribution is 2.15. The van der Waals surface area contributed by atoms with Crippen molar-refractivity contribution < 1.29 is 9.90 Å². The van der Waals surface area contributed by atoms with Crippen LogP contribution in [0, 0.1) is 5.92 Å². The predicted molar refractivity (Wildman–Crippen MR) is 70.2 cm³/mol. The van der Waals surface area contributed by atoms with Gasteiger partial charge in [0.2, 0.25) is 5.91 Å². The first kappa shape index (κ1) is 12.9. The van der Waals surface area contributed by atoms with Gasteiger partial charge >= 0.3 is 0 Å². The number of phenolic OH excluding ortho intramolecular Hbond substituents is 1. The fraction of sp³-hybridized carbons (Fsp3) is 0.500. The van der Waals surface area contributed by atoms with Gasteiger partial charge in [0.15, 0.2) is 0 Å². The van der Waals surface area contributed by atoms with E-state index in [0.29, 0.717) is 6.54 Å². The third kappa shape index (κ3) is 3.23. The molecular weight excluding hydrogens is 228 g/mol. The highest BCUT2D eigenvalue weighted by atomic mass is 16.3. The standard InChI is InChI=1S/C14H20N2O2/c1-16(10-11-4-6-13(17)7-5-11)14(18)12-3-2-8-15-9-12/h4-7,12,15,17H,2-3,8-10H2,1H3/t12-/m0/s1. The molecule has 0 aliphatic carbocycles. The van der Waals surface area contributed by atoms with Crippen LogP contribution in [-0.2, 0) is 11.3 Å². The lowest BCUT2D eigenvalue weighted by Crippen LogP contribution is -2.41. The van der Waals surface area contributed by atoms with E-state index in [4.69, 9.17) is 0 Å². The van der Waals surface area contributed by atoms with Crippen molar-refractivity contribution in [3.05, 3.63) is 29.8 Å². The van der Waals surface area contributed by atoms with Gasteiger partial charge in [-0.3, -0.25) is 4.79 Å². The van der Waals surface area contributed by atoms with E-state index in [-0.39, 0.29) is 17.6 Å². The van der Waals surface area contributed by atoms with Crippen LogP contribution in [0.5, 0.6) is 5.75 Å². The summed E-state index contributed by atoms with van der Waals surface area (Å²) in [5.74, 6) is 0.570. The van der Waals surface area contributed by atoms with Gasteiger partial charge in [0, 0.05) is 20.1 Å². The zero-order chi connectivity index (χ0) is 13.0. The van der Waals surface area contributed by atoms with Gasteiger partial charge < -0.3 is 15.3 Å². The summed E-state index contributed by atoms with van der Waals surface area (Å²) in [6.45, 7) is 2.40. The number of rotatable bonds is 3. The summed E-state index contributed by atoms with van der Waals surface area (Å²) in [5.41, 5.74) is 1.03. The quantitative estimate of drug-likeness (QED) is 0.849. The topological polar surface area (TPSA) is 52.6 Å². The lowest BCUT2D eigenvalue weighted by molar-refractivity contribution is -0.135. The molecule has 1 atom stereocenters. The molecule has 4 heteroatoms. The van der Waals surface area contributed by atoms with Crippen LogP contribution in [0.15, 0.2) is 24.3 Å². The summed E-state index contributed by atoms with van der Waals surface area (Å²) >= 11 is 0. The minimum atomic E-state index is 0.112. The average Bonchev–Trinajstić information content (AvgIpc) is 2.41. The van der Waals surface area contributed by atoms with Crippen LogP contribution < -0.4 is 5.32 Å². The highest BCUT2D eigenvalue weighted by Gasteiger charge is 2.23. The van der Waals surface area contributed by atoms with Gasteiger partial charge in [-0.1, -0.05) is 12.1 Å². The molecule has 2 N–H and O–H groups in total. The molecule has 1 aliphatic heterocycles. The number of nitrogens with one attached hydrogen (secondary N) is 1. The normalized spacial score (nSPS) is 19.5. The van der Waals surface area contributed by atoms with Crippen molar-refractivity contribution >= 4 is 5.91 Å². The average molecular weight is 248 g/mol. The van der Waals surface area contributed by atoms with Crippen LogP contribution in [0.3, 0.4) is 0 Å². The lowest BCUT2D eigenvalue weighted by atomic mass is 9.98. The van der Waals surface area contributed by atoms with Gasteiger partial charge in [0.1, 0.15) is 5.75 Å². The molecule has 0 saturated carbocycles. The molecule has 0 unspecified atom stereocenters. The Labute approximate surface area is 108 Å². The van der Waals surface area contributed by atoms with Crippen molar-refractivity contribution in [2.24, 2.45) is 5.92 Å². The van der Waals surface area contributed by atoms with Gasteiger partial charge in [-0.25, -0.2) is 0 Å². The van der Waals surface area contributed by atoms with Crippen LogP contribution >= 0.6 is 0 Å². The summed E-state index contributed by atoms with van der Waals surface area (Å²) in [6.07, 6.45) is 2.05. The van der Waals surface area contributed by atoms with Gasteiger partial charge in [-0.15, -0.1) is 0 Å². The van der Waals surface area contributed by atoms with Crippen LogP contribution in [0.1, 0.15) is 18.4 Å². The van der Waals surface area contributed by atoms with Gasteiger partial charge in [0.25, 0.3) is 0 Å². The Morgan fingerprint density at radius 2 is 2.17 bits per heavy atom. The van der Waals surface area contributed by atoms with Crippen LogP contribution in [0.25, 0.3) is 0 Å². The molecule has 4 nitrogen and oxygen atoms in total. The molecule has 2 rings (SSSR count). The second-order valence-corrected chi connectivity index (χ2v) is 4.90. The zero-order valence-corrected chi connectivity index (χ0v) is 10.7. The molecule has 1 heterocycles. The van der Waals surface area contributed by atoms with E-state index in [2.05, 4.69) is 5.32 Å². The maximum absolute atomic E-state index is 12.2. The van der Waals surface area contributed by atoms with E-state index in [1.165, 1.54) is 0 Å². The molecular formula is C14H20N2O2. The number of hydrogen-bond acceptors (Lipinski definition) is 3. The van der Waals surface area contributed by atoms with Crippen molar-refractivity contribution in [2.75, 3.05) is 20.1 Å². The maximum atomic E-state index is 12.2. The van der Waals surface area contributed by atoms with Gasteiger partial charge in [0.05, 0.1) is 5.92 Å².